The number of rotatable bonds is 9. The molecule has 4 aromatic rings. The van der Waals surface area contributed by atoms with Gasteiger partial charge in [0, 0.05) is 13.0 Å². The number of methoxy groups -OCH3 is 1. The lowest BCUT2D eigenvalue weighted by atomic mass is 10.2. The van der Waals surface area contributed by atoms with Crippen molar-refractivity contribution < 1.29 is 14.3 Å². The molecule has 1 N–H and O–H groups in total. The summed E-state index contributed by atoms with van der Waals surface area (Å²) in [6.45, 7) is 1.51. The Balaban J connectivity index is 1.44. The predicted octanol–water partition coefficient (Wildman–Crippen LogP) is 4.75. The zero-order chi connectivity index (χ0) is 22.3. The summed E-state index contributed by atoms with van der Waals surface area (Å²) in [5, 5.41) is 3.55. The molecule has 0 unspecified atom stereocenters. The molecule has 164 valence electrons. The minimum Gasteiger partial charge on any atom is -0.496 e. The summed E-state index contributed by atoms with van der Waals surface area (Å²) in [5.41, 5.74) is 2.45. The molecule has 0 radical (unpaired) electrons. The fourth-order valence-electron chi connectivity index (χ4n) is 3.59. The molecule has 0 saturated heterocycles. The molecule has 0 atom stereocenters. The smallest absolute Gasteiger partial charge is 0.255 e. The van der Waals surface area contributed by atoms with Crippen LogP contribution in [0.3, 0.4) is 0 Å². The van der Waals surface area contributed by atoms with Crippen molar-refractivity contribution in [3.63, 3.8) is 0 Å². The van der Waals surface area contributed by atoms with Gasteiger partial charge in [-0.1, -0.05) is 48.0 Å². The highest BCUT2D eigenvalue weighted by Gasteiger charge is 2.14. The molecule has 4 rings (SSSR count). The van der Waals surface area contributed by atoms with E-state index in [1.165, 1.54) is 0 Å². The number of carbonyl (C=O) groups excluding carboxylic acids is 1. The molecule has 0 saturated carbocycles. The molecule has 0 aliphatic heterocycles. The molecule has 1 amide bonds. The second-order valence-electron chi connectivity index (χ2n) is 7.15. The van der Waals surface area contributed by atoms with Crippen LogP contribution in [-0.4, -0.2) is 35.7 Å². The standard InChI is InChI=1S/C25H24ClN3O3/c1-31-22-12-6-2-8-18(22)25(30)27-15-14-24-28-20-10-4-5-11-21(20)29(24)16-17-32-23-13-7-3-9-19(23)26/h2-13H,14-17H2,1H3,(H,27,30). The van der Waals surface area contributed by atoms with Crippen LogP contribution in [0.15, 0.2) is 72.8 Å². The zero-order valence-corrected chi connectivity index (χ0v) is 18.5. The Kier molecular flexibility index (Phi) is 6.92. The van der Waals surface area contributed by atoms with Gasteiger partial charge in [-0.05, 0) is 36.4 Å². The molecular formula is C25H24ClN3O3. The van der Waals surface area contributed by atoms with Gasteiger partial charge in [0.25, 0.3) is 5.91 Å². The van der Waals surface area contributed by atoms with Crippen molar-refractivity contribution in [3.05, 3.63) is 89.2 Å². The van der Waals surface area contributed by atoms with Crippen molar-refractivity contribution in [1.82, 2.24) is 14.9 Å². The van der Waals surface area contributed by atoms with Crippen LogP contribution in [0, 0.1) is 0 Å². The minimum atomic E-state index is -0.174. The molecule has 3 aromatic carbocycles. The number of nitrogens with zero attached hydrogens (tertiary/aromatic N) is 2. The number of benzene rings is 3. The Morgan fingerprint density at radius 2 is 1.72 bits per heavy atom. The summed E-state index contributed by atoms with van der Waals surface area (Å²) < 4.78 is 13.3. The first-order valence-electron chi connectivity index (χ1n) is 10.4. The zero-order valence-electron chi connectivity index (χ0n) is 17.8. The number of amides is 1. The molecule has 1 heterocycles. The first kappa shape index (κ1) is 21.7. The number of imidazole rings is 1. The molecule has 6 nitrogen and oxygen atoms in total. The maximum absolute atomic E-state index is 12.6. The van der Waals surface area contributed by atoms with E-state index in [1.54, 1.807) is 25.3 Å². The maximum Gasteiger partial charge on any atom is 0.255 e. The highest BCUT2D eigenvalue weighted by atomic mass is 35.5. The summed E-state index contributed by atoms with van der Waals surface area (Å²) in [4.78, 5) is 17.3. The SMILES string of the molecule is COc1ccccc1C(=O)NCCc1nc2ccccc2n1CCOc1ccccc1Cl. The average molecular weight is 450 g/mol. The first-order valence-corrected chi connectivity index (χ1v) is 10.8. The number of fused-ring (bicyclic) bond motifs is 1. The topological polar surface area (TPSA) is 65.4 Å². The summed E-state index contributed by atoms with van der Waals surface area (Å²) in [6, 6.07) is 22.6. The number of hydrogen-bond donors (Lipinski definition) is 1. The fraction of sp³-hybridized carbons (Fsp3) is 0.200. The van der Waals surface area contributed by atoms with Crippen LogP contribution >= 0.6 is 11.6 Å². The third-order valence-electron chi connectivity index (χ3n) is 5.13. The van der Waals surface area contributed by atoms with Crippen molar-refractivity contribution in [3.8, 4) is 11.5 Å². The Morgan fingerprint density at radius 1 is 1.00 bits per heavy atom. The van der Waals surface area contributed by atoms with Crippen LogP contribution in [0.4, 0.5) is 0 Å². The van der Waals surface area contributed by atoms with E-state index in [1.807, 2.05) is 54.6 Å². The molecule has 7 heteroatoms. The van der Waals surface area contributed by atoms with E-state index >= 15 is 0 Å². The molecular weight excluding hydrogens is 426 g/mol. The Hall–Kier alpha value is -3.51. The Morgan fingerprint density at radius 3 is 2.53 bits per heavy atom. The van der Waals surface area contributed by atoms with Crippen LogP contribution in [0.25, 0.3) is 11.0 Å². The lowest BCUT2D eigenvalue weighted by molar-refractivity contribution is 0.0951. The van der Waals surface area contributed by atoms with Gasteiger partial charge >= 0.3 is 0 Å². The van der Waals surface area contributed by atoms with E-state index in [4.69, 9.17) is 26.1 Å². The van der Waals surface area contributed by atoms with Gasteiger partial charge in [0.15, 0.2) is 0 Å². The number of nitrogens with one attached hydrogen (secondary N) is 1. The normalized spacial score (nSPS) is 10.8. The molecule has 0 fully saturated rings. The third kappa shape index (κ3) is 4.86. The minimum absolute atomic E-state index is 0.174. The number of hydrogen-bond acceptors (Lipinski definition) is 4. The average Bonchev–Trinajstić information content (AvgIpc) is 3.17. The van der Waals surface area contributed by atoms with Gasteiger partial charge in [-0.3, -0.25) is 4.79 Å². The molecule has 32 heavy (non-hydrogen) atoms. The van der Waals surface area contributed by atoms with Gasteiger partial charge < -0.3 is 19.4 Å². The summed E-state index contributed by atoms with van der Waals surface area (Å²) >= 11 is 6.19. The number of aromatic nitrogens is 2. The quantitative estimate of drug-likeness (QED) is 0.400. The highest BCUT2D eigenvalue weighted by Crippen LogP contribution is 2.23. The summed E-state index contributed by atoms with van der Waals surface area (Å²) in [6.07, 6.45) is 0.585. The lowest BCUT2D eigenvalue weighted by Gasteiger charge is -2.12. The van der Waals surface area contributed by atoms with Crippen LogP contribution in [0.2, 0.25) is 5.02 Å². The number of halogens is 1. The summed E-state index contributed by atoms with van der Waals surface area (Å²) in [7, 11) is 1.55. The summed E-state index contributed by atoms with van der Waals surface area (Å²) in [5.74, 6) is 1.92. The molecule has 0 aliphatic rings. The second kappa shape index (κ2) is 10.2. The van der Waals surface area contributed by atoms with Crippen LogP contribution in [-0.2, 0) is 13.0 Å². The number of ether oxygens (including phenoxy) is 2. The van der Waals surface area contributed by atoms with Crippen LogP contribution in [0.5, 0.6) is 11.5 Å². The van der Waals surface area contributed by atoms with E-state index < -0.39 is 0 Å². The van der Waals surface area contributed by atoms with Gasteiger partial charge in [0.05, 0.1) is 35.3 Å². The van der Waals surface area contributed by atoms with E-state index in [9.17, 15) is 4.79 Å². The number of carbonyl (C=O) groups is 1. The van der Waals surface area contributed by atoms with E-state index in [0.29, 0.717) is 48.2 Å². The van der Waals surface area contributed by atoms with Crippen molar-refractivity contribution in [2.45, 2.75) is 13.0 Å². The van der Waals surface area contributed by atoms with Crippen LogP contribution in [0.1, 0.15) is 16.2 Å². The second-order valence-corrected chi connectivity index (χ2v) is 7.56. The van der Waals surface area contributed by atoms with Crippen molar-refractivity contribution in [2.75, 3.05) is 20.3 Å². The van der Waals surface area contributed by atoms with E-state index in [-0.39, 0.29) is 5.91 Å². The largest absolute Gasteiger partial charge is 0.496 e. The maximum atomic E-state index is 12.6. The Bertz CT molecular complexity index is 1220. The van der Waals surface area contributed by atoms with Gasteiger partial charge in [-0.15, -0.1) is 0 Å². The van der Waals surface area contributed by atoms with Gasteiger partial charge in [0.1, 0.15) is 23.9 Å². The van der Waals surface area contributed by atoms with Crippen molar-refractivity contribution in [1.29, 1.82) is 0 Å². The lowest BCUT2D eigenvalue weighted by Crippen LogP contribution is -2.27. The van der Waals surface area contributed by atoms with Crippen LogP contribution < -0.4 is 14.8 Å². The highest BCUT2D eigenvalue weighted by molar-refractivity contribution is 6.32. The predicted molar refractivity (Wildman–Crippen MR) is 126 cm³/mol. The first-order chi connectivity index (χ1) is 15.7. The fourth-order valence-corrected chi connectivity index (χ4v) is 3.78. The van der Waals surface area contributed by atoms with Crippen molar-refractivity contribution >= 4 is 28.5 Å². The van der Waals surface area contributed by atoms with Gasteiger partial charge in [-0.25, -0.2) is 4.98 Å². The van der Waals surface area contributed by atoms with Gasteiger partial charge in [-0.2, -0.15) is 0 Å². The van der Waals surface area contributed by atoms with Crippen molar-refractivity contribution in [2.24, 2.45) is 0 Å². The Labute approximate surface area is 191 Å². The molecule has 0 spiro atoms. The monoisotopic (exact) mass is 449 g/mol. The van der Waals surface area contributed by atoms with E-state index in [2.05, 4.69) is 9.88 Å². The molecule has 1 aromatic heterocycles. The molecule has 0 bridgehead atoms. The molecule has 0 aliphatic carbocycles. The van der Waals surface area contributed by atoms with E-state index in [0.717, 1.165) is 16.9 Å². The number of para-hydroxylation sites is 4. The van der Waals surface area contributed by atoms with Gasteiger partial charge in [0.2, 0.25) is 0 Å². The third-order valence-corrected chi connectivity index (χ3v) is 5.44.